The molecule has 0 spiro atoms. The average molecular weight is 404 g/mol. The first-order valence-corrected chi connectivity index (χ1v) is 11.9. The molecule has 0 fully saturated rings. The van der Waals surface area contributed by atoms with Crippen molar-refractivity contribution in [1.82, 2.24) is 0 Å². The van der Waals surface area contributed by atoms with Crippen LogP contribution in [0.2, 0.25) is 5.04 Å². The molecular weight excluding hydrogens is 374 g/mol. The summed E-state index contributed by atoms with van der Waals surface area (Å²) in [5, 5.41) is 14.3. The van der Waals surface area contributed by atoms with Crippen LogP contribution in [0.4, 0.5) is 0 Å². The van der Waals surface area contributed by atoms with E-state index in [-0.39, 0.29) is 5.04 Å². The zero-order valence-electron chi connectivity index (χ0n) is 17.4. The monoisotopic (exact) mass is 403 g/mol. The van der Waals surface area contributed by atoms with Crippen molar-refractivity contribution in [2.45, 2.75) is 32.2 Å². The SMILES string of the molecule is CC(C)(C)[Si](OCCc1ccc(/C=N/O)cc1)(c1ccccc1)c1ccccc1. The highest BCUT2D eigenvalue weighted by Crippen LogP contribution is 2.36. The van der Waals surface area contributed by atoms with Gasteiger partial charge in [0.1, 0.15) is 0 Å². The summed E-state index contributed by atoms with van der Waals surface area (Å²) < 4.78 is 6.92. The van der Waals surface area contributed by atoms with Gasteiger partial charge in [-0.2, -0.15) is 0 Å². The summed E-state index contributed by atoms with van der Waals surface area (Å²) in [5.41, 5.74) is 2.09. The summed E-state index contributed by atoms with van der Waals surface area (Å²) in [4.78, 5) is 0. The highest BCUT2D eigenvalue weighted by atomic mass is 28.4. The van der Waals surface area contributed by atoms with Crippen molar-refractivity contribution in [3.8, 4) is 0 Å². The van der Waals surface area contributed by atoms with Gasteiger partial charge in [-0.25, -0.2) is 0 Å². The molecule has 0 amide bonds. The van der Waals surface area contributed by atoms with Crippen LogP contribution in [0, 0.1) is 0 Å². The van der Waals surface area contributed by atoms with Crippen LogP contribution in [0.5, 0.6) is 0 Å². The van der Waals surface area contributed by atoms with Crippen LogP contribution in [-0.2, 0) is 10.8 Å². The van der Waals surface area contributed by atoms with Crippen molar-refractivity contribution in [2.24, 2.45) is 5.16 Å². The summed E-state index contributed by atoms with van der Waals surface area (Å²) in [6, 6.07) is 29.5. The number of hydrogen-bond donors (Lipinski definition) is 1. The summed E-state index contributed by atoms with van der Waals surface area (Å²) in [6.45, 7) is 7.54. The molecular formula is C25H29NO2Si. The number of benzene rings is 3. The molecule has 4 heteroatoms. The predicted octanol–water partition coefficient (Wildman–Crippen LogP) is 4.61. The standard InChI is InChI=1S/C25H29NO2Si/c1-25(2,3)29(23-10-6-4-7-11-23,24-12-8-5-9-13-24)28-19-18-21-14-16-22(17-15-21)20-26-27/h4-17,20,27H,18-19H2,1-3H3/b26-20+. The minimum atomic E-state index is -2.48. The van der Waals surface area contributed by atoms with E-state index >= 15 is 0 Å². The van der Waals surface area contributed by atoms with Crippen molar-refractivity contribution < 1.29 is 9.63 Å². The highest BCUT2D eigenvalue weighted by molar-refractivity contribution is 6.99. The molecule has 0 radical (unpaired) electrons. The maximum absolute atomic E-state index is 8.67. The van der Waals surface area contributed by atoms with Gasteiger partial charge in [0.25, 0.3) is 8.32 Å². The normalized spacial score (nSPS) is 12.4. The number of oxime groups is 1. The third-order valence-electron chi connectivity index (χ3n) is 5.31. The first kappa shape index (κ1) is 21.0. The molecule has 3 aromatic carbocycles. The molecule has 0 bridgehead atoms. The molecule has 29 heavy (non-hydrogen) atoms. The van der Waals surface area contributed by atoms with Crippen molar-refractivity contribution in [1.29, 1.82) is 0 Å². The van der Waals surface area contributed by atoms with Crippen molar-refractivity contribution in [3.05, 3.63) is 96.1 Å². The van der Waals surface area contributed by atoms with Crippen LogP contribution in [0.3, 0.4) is 0 Å². The highest BCUT2D eigenvalue weighted by Gasteiger charge is 2.49. The summed E-state index contributed by atoms with van der Waals surface area (Å²) >= 11 is 0. The first-order chi connectivity index (χ1) is 14.0. The third kappa shape index (κ3) is 4.66. The molecule has 0 aliphatic rings. The Bertz CT molecular complexity index is 877. The van der Waals surface area contributed by atoms with Crippen LogP contribution >= 0.6 is 0 Å². The van der Waals surface area contributed by atoms with Crippen LogP contribution in [-0.4, -0.2) is 26.3 Å². The molecule has 3 aromatic rings. The van der Waals surface area contributed by atoms with Gasteiger partial charge >= 0.3 is 0 Å². The fourth-order valence-electron chi connectivity index (χ4n) is 3.92. The van der Waals surface area contributed by atoms with Gasteiger partial charge in [0.05, 0.1) is 6.21 Å². The quantitative estimate of drug-likeness (QED) is 0.271. The fourth-order valence-corrected chi connectivity index (χ4v) is 8.48. The molecule has 0 saturated heterocycles. The van der Waals surface area contributed by atoms with Gasteiger partial charge in [0.15, 0.2) is 0 Å². The van der Waals surface area contributed by atoms with Crippen LogP contribution < -0.4 is 10.4 Å². The lowest BCUT2D eigenvalue weighted by molar-refractivity contribution is 0.302. The van der Waals surface area contributed by atoms with E-state index in [9.17, 15) is 0 Å². The average Bonchev–Trinajstić information content (AvgIpc) is 2.73. The molecule has 0 aromatic heterocycles. The molecule has 0 aliphatic carbocycles. The molecule has 0 saturated carbocycles. The van der Waals surface area contributed by atoms with Crippen molar-refractivity contribution in [2.75, 3.05) is 6.61 Å². The minimum absolute atomic E-state index is 0.0167. The Morgan fingerprint density at radius 3 is 1.79 bits per heavy atom. The lowest BCUT2D eigenvalue weighted by Crippen LogP contribution is -2.66. The lowest BCUT2D eigenvalue weighted by Gasteiger charge is -2.43. The maximum Gasteiger partial charge on any atom is 0.261 e. The molecule has 0 heterocycles. The van der Waals surface area contributed by atoms with Gasteiger partial charge in [0, 0.05) is 6.61 Å². The van der Waals surface area contributed by atoms with Gasteiger partial charge < -0.3 is 9.63 Å². The number of rotatable bonds is 7. The summed E-state index contributed by atoms with van der Waals surface area (Å²) in [5.74, 6) is 0. The Morgan fingerprint density at radius 2 is 1.34 bits per heavy atom. The smallest absolute Gasteiger partial charge is 0.261 e. The fraction of sp³-hybridized carbons (Fsp3) is 0.240. The van der Waals surface area contributed by atoms with Gasteiger partial charge in [-0.05, 0) is 33.0 Å². The topological polar surface area (TPSA) is 41.8 Å². The molecule has 3 nitrogen and oxygen atoms in total. The van der Waals surface area contributed by atoms with E-state index in [1.807, 2.05) is 12.1 Å². The minimum Gasteiger partial charge on any atom is -0.411 e. The van der Waals surface area contributed by atoms with Crippen molar-refractivity contribution >= 4 is 24.9 Å². The molecule has 0 aliphatic heterocycles. The Hall–Kier alpha value is -2.69. The molecule has 1 N–H and O–H groups in total. The second-order valence-corrected chi connectivity index (χ2v) is 12.6. The lowest BCUT2D eigenvalue weighted by atomic mass is 10.1. The third-order valence-corrected chi connectivity index (χ3v) is 10.4. The van der Waals surface area contributed by atoms with E-state index < -0.39 is 8.32 Å². The van der Waals surface area contributed by atoms with E-state index in [1.54, 1.807) is 0 Å². The number of hydrogen-bond acceptors (Lipinski definition) is 3. The van der Waals surface area contributed by atoms with Crippen LogP contribution in [0.25, 0.3) is 0 Å². The Labute approximate surface area is 174 Å². The maximum atomic E-state index is 8.67. The van der Waals surface area contributed by atoms with E-state index in [1.165, 1.54) is 22.2 Å². The summed E-state index contributed by atoms with van der Waals surface area (Å²) in [6.07, 6.45) is 2.27. The number of nitrogens with zero attached hydrogens (tertiary/aromatic N) is 1. The van der Waals surface area contributed by atoms with Gasteiger partial charge in [-0.1, -0.05) is 111 Å². The van der Waals surface area contributed by atoms with Gasteiger partial charge in [-0.15, -0.1) is 0 Å². The second-order valence-electron chi connectivity index (χ2n) is 8.25. The molecule has 0 unspecified atom stereocenters. The molecule has 0 atom stereocenters. The Morgan fingerprint density at radius 1 is 0.828 bits per heavy atom. The molecule has 3 rings (SSSR count). The second kappa shape index (κ2) is 9.20. The van der Waals surface area contributed by atoms with E-state index in [4.69, 9.17) is 9.63 Å². The molecule has 150 valence electrons. The zero-order valence-corrected chi connectivity index (χ0v) is 18.4. The Kier molecular flexibility index (Phi) is 6.67. The zero-order chi connectivity index (χ0) is 20.7. The van der Waals surface area contributed by atoms with Crippen LogP contribution in [0.1, 0.15) is 31.9 Å². The predicted molar refractivity (Wildman–Crippen MR) is 123 cm³/mol. The van der Waals surface area contributed by atoms with E-state index in [2.05, 4.69) is 98.7 Å². The van der Waals surface area contributed by atoms with Crippen LogP contribution in [0.15, 0.2) is 90.1 Å². The first-order valence-electron chi connectivity index (χ1n) is 9.99. The van der Waals surface area contributed by atoms with Crippen molar-refractivity contribution in [3.63, 3.8) is 0 Å². The van der Waals surface area contributed by atoms with Gasteiger partial charge in [-0.3, -0.25) is 0 Å². The Balaban J connectivity index is 1.91. The summed E-state index contributed by atoms with van der Waals surface area (Å²) in [7, 11) is -2.48. The largest absolute Gasteiger partial charge is 0.411 e. The van der Waals surface area contributed by atoms with E-state index in [0.29, 0.717) is 6.61 Å². The van der Waals surface area contributed by atoms with E-state index in [0.717, 1.165) is 12.0 Å². The van der Waals surface area contributed by atoms with Gasteiger partial charge in [0.2, 0.25) is 0 Å².